The van der Waals surface area contributed by atoms with Gasteiger partial charge in [-0.15, -0.1) is 0 Å². The van der Waals surface area contributed by atoms with E-state index in [4.69, 9.17) is 5.11 Å². The SMILES string of the molecule is Cc1cccc(C2(C(=O)O)CC2)c1F. The number of benzene rings is 1. The van der Waals surface area contributed by atoms with E-state index in [1.807, 2.05) is 0 Å². The number of carboxylic acid groups (broad SMARTS) is 1. The average molecular weight is 194 g/mol. The van der Waals surface area contributed by atoms with Gasteiger partial charge in [-0.25, -0.2) is 4.39 Å². The van der Waals surface area contributed by atoms with Crippen molar-refractivity contribution >= 4 is 5.97 Å². The van der Waals surface area contributed by atoms with Crippen LogP contribution in [0, 0.1) is 12.7 Å². The van der Waals surface area contributed by atoms with Crippen molar-refractivity contribution in [2.45, 2.75) is 25.2 Å². The van der Waals surface area contributed by atoms with Crippen LogP contribution < -0.4 is 0 Å². The van der Waals surface area contributed by atoms with Crippen molar-refractivity contribution in [1.82, 2.24) is 0 Å². The van der Waals surface area contributed by atoms with Crippen molar-refractivity contribution in [3.05, 3.63) is 35.1 Å². The molecule has 0 bridgehead atoms. The van der Waals surface area contributed by atoms with Crippen LogP contribution in [0.2, 0.25) is 0 Å². The summed E-state index contributed by atoms with van der Waals surface area (Å²) in [6.45, 7) is 1.65. The first-order valence-corrected chi connectivity index (χ1v) is 4.57. The van der Waals surface area contributed by atoms with Gasteiger partial charge in [-0.3, -0.25) is 4.79 Å². The van der Waals surface area contributed by atoms with Gasteiger partial charge in [-0.2, -0.15) is 0 Å². The zero-order valence-electron chi connectivity index (χ0n) is 7.88. The van der Waals surface area contributed by atoms with Crippen LogP contribution in [-0.2, 0) is 10.2 Å². The summed E-state index contributed by atoms with van der Waals surface area (Å²) in [7, 11) is 0. The maximum absolute atomic E-state index is 13.6. The zero-order chi connectivity index (χ0) is 10.3. The van der Waals surface area contributed by atoms with Gasteiger partial charge in [0.2, 0.25) is 0 Å². The van der Waals surface area contributed by atoms with E-state index in [1.54, 1.807) is 25.1 Å². The van der Waals surface area contributed by atoms with Crippen LogP contribution in [0.4, 0.5) is 4.39 Å². The first-order valence-electron chi connectivity index (χ1n) is 4.57. The fraction of sp³-hybridized carbons (Fsp3) is 0.364. The third kappa shape index (κ3) is 1.12. The van der Waals surface area contributed by atoms with Crippen molar-refractivity contribution in [2.24, 2.45) is 0 Å². The molecule has 3 heteroatoms. The summed E-state index contributed by atoms with van der Waals surface area (Å²) in [5.74, 6) is -1.28. The molecule has 0 unspecified atom stereocenters. The molecule has 1 N–H and O–H groups in total. The fourth-order valence-corrected chi connectivity index (χ4v) is 1.74. The van der Waals surface area contributed by atoms with Crippen LogP contribution >= 0.6 is 0 Å². The third-order valence-electron chi connectivity index (χ3n) is 2.87. The van der Waals surface area contributed by atoms with E-state index in [2.05, 4.69) is 0 Å². The van der Waals surface area contributed by atoms with E-state index in [0.717, 1.165) is 0 Å². The maximum Gasteiger partial charge on any atom is 0.314 e. The molecule has 1 fully saturated rings. The summed E-state index contributed by atoms with van der Waals surface area (Å²) in [4.78, 5) is 11.0. The van der Waals surface area contributed by atoms with Crippen LogP contribution in [0.5, 0.6) is 0 Å². The summed E-state index contributed by atoms with van der Waals surface area (Å²) in [6.07, 6.45) is 1.09. The second-order valence-electron chi connectivity index (χ2n) is 3.82. The van der Waals surface area contributed by atoms with E-state index >= 15 is 0 Å². The number of aryl methyl sites for hydroxylation is 1. The predicted octanol–water partition coefficient (Wildman–Crippen LogP) is 2.25. The lowest BCUT2D eigenvalue weighted by molar-refractivity contribution is -0.140. The highest BCUT2D eigenvalue weighted by atomic mass is 19.1. The number of rotatable bonds is 2. The molecule has 14 heavy (non-hydrogen) atoms. The van der Waals surface area contributed by atoms with Crippen molar-refractivity contribution in [2.75, 3.05) is 0 Å². The minimum Gasteiger partial charge on any atom is -0.481 e. The molecule has 1 aliphatic carbocycles. The summed E-state index contributed by atoms with van der Waals surface area (Å²) in [5, 5.41) is 9.01. The lowest BCUT2D eigenvalue weighted by atomic mass is 9.94. The Balaban J connectivity index is 2.52. The molecule has 0 heterocycles. The molecule has 0 amide bonds. The molecule has 2 nitrogen and oxygen atoms in total. The van der Waals surface area contributed by atoms with E-state index < -0.39 is 11.4 Å². The highest BCUT2D eigenvalue weighted by Gasteiger charge is 2.53. The van der Waals surface area contributed by atoms with Gasteiger partial charge >= 0.3 is 5.97 Å². The first kappa shape index (κ1) is 9.19. The first-order chi connectivity index (χ1) is 6.58. The molecule has 1 aromatic carbocycles. The molecule has 0 aromatic heterocycles. The van der Waals surface area contributed by atoms with Gasteiger partial charge in [0.05, 0.1) is 5.41 Å². The van der Waals surface area contributed by atoms with Crippen LogP contribution in [0.25, 0.3) is 0 Å². The summed E-state index contributed by atoms with van der Waals surface area (Å²) < 4.78 is 13.6. The Morgan fingerprint density at radius 1 is 1.50 bits per heavy atom. The van der Waals surface area contributed by atoms with Gasteiger partial charge in [-0.05, 0) is 25.3 Å². The summed E-state index contributed by atoms with van der Waals surface area (Å²) in [5.41, 5.74) is -0.0872. The van der Waals surface area contributed by atoms with Crippen LogP contribution in [0.3, 0.4) is 0 Å². The van der Waals surface area contributed by atoms with E-state index in [9.17, 15) is 9.18 Å². The molecule has 0 spiro atoms. The Hall–Kier alpha value is -1.38. The van der Waals surface area contributed by atoms with Crippen molar-refractivity contribution in [3.63, 3.8) is 0 Å². The maximum atomic E-state index is 13.6. The monoisotopic (exact) mass is 194 g/mol. The van der Waals surface area contributed by atoms with E-state index in [0.29, 0.717) is 24.0 Å². The van der Waals surface area contributed by atoms with E-state index in [1.165, 1.54) is 0 Å². The predicted molar refractivity (Wildman–Crippen MR) is 49.7 cm³/mol. The minimum atomic E-state index is -0.934. The van der Waals surface area contributed by atoms with Crippen molar-refractivity contribution in [3.8, 4) is 0 Å². The average Bonchev–Trinajstić information content (AvgIpc) is 2.90. The molecule has 1 saturated carbocycles. The Bertz CT molecular complexity index is 394. The smallest absolute Gasteiger partial charge is 0.314 e. The number of halogens is 1. The molecule has 1 aromatic rings. The van der Waals surface area contributed by atoms with Gasteiger partial charge in [0.25, 0.3) is 0 Å². The second-order valence-corrected chi connectivity index (χ2v) is 3.82. The molecular weight excluding hydrogens is 183 g/mol. The second kappa shape index (κ2) is 2.80. The van der Waals surface area contributed by atoms with Crippen molar-refractivity contribution in [1.29, 1.82) is 0 Å². The summed E-state index contributed by atoms with van der Waals surface area (Å²) in [6, 6.07) is 4.93. The van der Waals surface area contributed by atoms with Crippen molar-refractivity contribution < 1.29 is 14.3 Å². The number of carbonyl (C=O) groups is 1. The third-order valence-corrected chi connectivity index (χ3v) is 2.87. The van der Waals surface area contributed by atoms with Crippen LogP contribution in [-0.4, -0.2) is 11.1 Å². The molecule has 2 rings (SSSR count). The molecule has 74 valence electrons. The quantitative estimate of drug-likeness (QED) is 0.784. The molecule has 0 saturated heterocycles. The largest absolute Gasteiger partial charge is 0.481 e. The normalized spacial score (nSPS) is 17.9. The van der Waals surface area contributed by atoms with E-state index in [-0.39, 0.29) is 5.82 Å². The Morgan fingerprint density at radius 2 is 2.14 bits per heavy atom. The van der Waals surface area contributed by atoms with Gasteiger partial charge in [0.1, 0.15) is 5.82 Å². The number of hydrogen-bond acceptors (Lipinski definition) is 1. The molecule has 1 aliphatic rings. The molecular formula is C11H11FO2. The lowest BCUT2D eigenvalue weighted by Crippen LogP contribution is -2.21. The van der Waals surface area contributed by atoms with Gasteiger partial charge in [0.15, 0.2) is 0 Å². The Kier molecular flexibility index (Phi) is 1.84. The van der Waals surface area contributed by atoms with Gasteiger partial charge < -0.3 is 5.11 Å². The van der Waals surface area contributed by atoms with Crippen LogP contribution in [0.1, 0.15) is 24.0 Å². The van der Waals surface area contributed by atoms with Crippen LogP contribution in [0.15, 0.2) is 18.2 Å². The number of aliphatic carboxylic acids is 1. The highest BCUT2D eigenvalue weighted by molar-refractivity contribution is 5.85. The minimum absolute atomic E-state index is 0.338. The topological polar surface area (TPSA) is 37.3 Å². The Labute approximate surface area is 81.4 Å². The molecule has 0 radical (unpaired) electrons. The molecule has 0 atom stereocenters. The Morgan fingerprint density at radius 3 is 2.64 bits per heavy atom. The van der Waals surface area contributed by atoms with Gasteiger partial charge in [-0.1, -0.05) is 18.2 Å². The standard InChI is InChI=1S/C11H11FO2/c1-7-3-2-4-8(9(7)12)11(5-6-11)10(13)14/h2-4H,5-6H2,1H3,(H,13,14). The van der Waals surface area contributed by atoms with Gasteiger partial charge in [0, 0.05) is 5.56 Å². The summed E-state index contributed by atoms with van der Waals surface area (Å²) >= 11 is 0. The number of hydrogen-bond donors (Lipinski definition) is 1. The zero-order valence-corrected chi connectivity index (χ0v) is 7.88. The molecule has 0 aliphatic heterocycles. The fourth-order valence-electron chi connectivity index (χ4n) is 1.74. The number of carboxylic acids is 1. The highest BCUT2D eigenvalue weighted by Crippen LogP contribution is 2.49. The lowest BCUT2D eigenvalue weighted by Gasteiger charge is -2.12.